The van der Waals surface area contributed by atoms with Gasteiger partial charge in [0.25, 0.3) is 0 Å². The molecule has 2 heterocycles. The number of sulfonamides is 1. The van der Waals surface area contributed by atoms with Crippen LogP contribution in [-0.2, 0) is 27.7 Å². The molecule has 4 aromatic rings. The maximum atomic E-state index is 13.0. The zero-order valence-corrected chi connectivity index (χ0v) is 21.8. The normalized spacial score (nSPS) is 15.3. The average Bonchev–Trinajstić information content (AvgIpc) is 3.32. The standard InChI is InChI=1S/C28H29N3O3S2/c1-22-7-11-25(12-8-22)29-28-31(16-15-23-5-3-2-4-6-23)27(21-35-28)24-9-13-26(14-10-24)36(32,33)30-17-19-34-20-18-30/h2-14,21H,15-20H2,1H3. The van der Waals surface area contributed by atoms with Gasteiger partial charge in [-0.05, 0) is 48.7 Å². The van der Waals surface area contributed by atoms with Crippen molar-refractivity contribution in [2.24, 2.45) is 4.99 Å². The molecule has 1 fully saturated rings. The Morgan fingerprint density at radius 3 is 2.31 bits per heavy atom. The number of nitrogens with zero attached hydrogens (tertiary/aromatic N) is 3. The molecule has 0 bridgehead atoms. The van der Waals surface area contributed by atoms with Crippen molar-refractivity contribution in [3.63, 3.8) is 0 Å². The van der Waals surface area contributed by atoms with Crippen LogP contribution in [0.5, 0.6) is 0 Å². The van der Waals surface area contributed by atoms with Crippen LogP contribution in [0.3, 0.4) is 0 Å². The van der Waals surface area contributed by atoms with Gasteiger partial charge in [0.05, 0.1) is 29.5 Å². The molecular formula is C28H29N3O3S2. The summed E-state index contributed by atoms with van der Waals surface area (Å²) < 4.78 is 35.1. The highest BCUT2D eigenvalue weighted by Gasteiger charge is 2.26. The predicted molar refractivity (Wildman–Crippen MR) is 144 cm³/mol. The summed E-state index contributed by atoms with van der Waals surface area (Å²) in [5, 5.41) is 2.10. The molecule has 1 saturated heterocycles. The third kappa shape index (κ3) is 5.52. The van der Waals surface area contributed by atoms with E-state index in [2.05, 4.69) is 53.3 Å². The van der Waals surface area contributed by atoms with Crippen molar-refractivity contribution < 1.29 is 13.2 Å². The summed E-state index contributed by atoms with van der Waals surface area (Å²) in [6, 6.07) is 25.8. The van der Waals surface area contributed by atoms with Crippen LogP contribution in [-0.4, -0.2) is 43.6 Å². The minimum atomic E-state index is -3.53. The Morgan fingerprint density at radius 1 is 0.917 bits per heavy atom. The van der Waals surface area contributed by atoms with Crippen molar-refractivity contribution in [2.75, 3.05) is 26.3 Å². The summed E-state index contributed by atoms with van der Waals surface area (Å²) in [4.78, 5) is 6.15. The first kappa shape index (κ1) is 24.6. The zero-order valence-electron chi connectivity index (χ0n) is 20.2. The van der Waals surface area contributed by atoms with Gasteiger partial charge < -0.3 is 9.30 Å². The second kappa shape index (κ2) is 10.9. The molecule has 0 aliphatic carbocycles. The minimum Gasteiger partial charge on any atom is -0.379 e. The quantitative estimate of drug-likeness (QED) is 0.344. The second-order valence-electron chi connectivity index (χ2n) is 8.78. The van der Waals surface area contributed by atoms with Gasteiger partial charge in [0.1, 0.15) is 0 Å². The number of hydrogen-bond donors (Lipinski definition) is 0. The lowest BCUT2D eigenvalue weighted by Crippen LogP contribution is -2.40. The van der Waals surface area contributed by atoms with Crippen LogP contribution in [0.4, 0.5) is 5.69 Å². The van der Waals surface area contributed by atoms with Gasteiger partial charge >= 0.3 is 0 Å². The molecule has 3 aromatic carbocycles. The lowest BCUT2D eigenvalue weighted by molar-refractivity contribution is 0.0730. The van der Waals surface area contributed by atoms with Crippen molar-refractivity contribution in [2.45, 2.75) is 24.8 Å². The Bertz CT molecular complexity index is 1470. The van der Waals surface area contributed by atoms with E-state index in [0.717, 1.165) is 34.7 Å². The summed E-state index contributed by atoms with van der Waals surface area (Å²) >= 11 is 1.59. The molecule has 36 heavy (non-hydrogen) atoms. The van der Waals surface area contributed by atoms with E-state index in [0.29, 0.717) is 31.2 Å². The Hall–Kier alpha value is -3.04. The molecule has 0 N–H and O–H groups in total. The first-order valence-electron chi connectivity index (χ1n) is 12.0. The third-order valence-electron chi connectivity index (χ3n) is 6.28. The minimum absolute atomic E-state index is 0.309. The monoisotopic (exact) mass is 519 g/mol. The van der Waals surface area contributed by atoms with E-state index in [1.54, 1.807) is 23.5 Å². The Balaban J connectivity index is 1.49. The van der Waals surface area contributed by atoms with Crippen LogP contribution >= 0.6 is 11.3 Å². The number of ether oxygens (including phenoxy) is 1. The topological polar surface area (TPSA) is 63.9 Å². The summed E-state index contributed by atoms with van der Waals surface area (Å²) in [7, 11) is -3.53. The van der Waals surface area contributed by atoms with Crippen molar-refractivity contribution in [3.8, 4) is 11.3 Å². The lowest BCUT2D eigenvalue weighted by Gasteiger charge is -2.26. The van der Waals surface area contributed by atoms with Gasteiger partial charge in [-0.3, -0.25) is 0 Å². The van der Waals surface area contributed by atoms with Gasteiger partial charge in [-0.2, -0.15) is 4.31 Å². The van der Waals surface area contributed by atoms with Crippen LogP contribution in [0.2, 0.25) is 0 Å². The summed E-state index contributed by atoms with van der Waals surface area (Å²) in [5.74, 6) is 0. The summed E-state index contributed by atoms with van der Waals surface area (Å²) in [5.41, 5.74) is 5.36. The van der Waals surface area contributed by atoms with E-state index in [1.807, 2.05) is 30.3 Å². The SMILES string of the molecule is Cc1ccc(N=c2scc(-c3ccc(S(=O)(=O)N4CCOCC4)cc3)n2CCc2ccccc2)cc1. The fourth-order valence-corrected chi connectivity index (χ4v) is 6.58. The number of hydrogen-bond acceptors (Lipinski definition) is 5. The molecule has 0 spiro atoms. The average molecular weight is 520 g/mol. The van der Waals surface area contributed by atoms with Gasteiger partial charge in [-0.1, -0.05) is 60.2 Å². The van der Waals surface area contributed by atoms with Crippen LogP contribution in [0, 0.1) is 6.92 Å². The van der Waals surface area contributed by atoms with Crippen molar-refractivity contribution in [1.82, 2.24) is 8.87 Å². The molecule has 1 aliphatic rings. The molecule has 0 unspecified atom stereocenters. The molecule has 186 valence electrons. The van der Waals surface area contributed by atoms with E-state index in [9.17, 15) is 8.42 Å². The molecule has 5 rings (SSSR count). The summed E-state index contributed by atoms with van der Waals surface area (Å²) in [6.07, 6.45) is 0.870. The highest BCUT2D eigenvalue weighted by molar-refractivity contribution is 7.89. The van der Waals surface area contributed by atoms with Gasteiger partial charge in [0.2, 0.25) is 10.0 Å². The number of rotatable bonds is 7. The molecule has 0 radical (unpaired) electrons. The molecule has 0 amide bonds. The molecule has 6 nitrogen and oxygen atoms in total. The van der Waals surface area contributed by atoms with Crippen LogP contribution in [0.1, 0.15) is 11.1 Å². The Labute approximate surface area is 216 Å². The maximum absolute atomic E-state index is 13.0. The van der Waals surface area contributed by atoms with E-state index in [1.165, 1.54) is 15.4 Å². The smallest absolute Gasteiger partial charge is 0.243 e. The third-order valence-corrected chi connectivity index (χ3v) is 9.06. The van der Waals surface area contributed by atoms with Gasteiger partial charge in [-0.15, -0.1) is 11.3 Å². The fraction of sp³-hybridized carbons (Fsp3) is 0.250. The Morgan fingerprint density at radius 2 is 1.61 bits per heavy atom. The summed E-state index contributed by atoms with van der Waals surface area (Å²) in [6.45, 7) is 4.47. The molecule has 1 aliphatic heterocycles. The van der Waals surface area contributed by atoms with Crippen molar-refractivity contribution in [3.05, 3.63) is 100 Å². The first-order chi connectivity index (χ1) is 17.5. The highest BCUT2D eigenvalue weighted by Crippen LogP contribution is 2.25. The van der Waals surface area contributed by atoms with E-state index in [-0.39, 0.29) is 0 Å². The van der Waals surface area contributed by atoms with E-state index < -0.39 is 10.0 Å². The van der Waals surface area contributed by atoms with Crippen LogP contribution in [0.15, 0.2) is 94.1 Å². The van der Waals surface area contributed by atoms with E-state index in [4.69, 9.17) is 9.73 Å². The highest BCUT2D eigenvalue weighted by atomic mass is 32.2. The number of aromatic nitrogens is 1. The second-order valence-corrected chi connectivity index (χ2v) is 11.6. The Kier molecular flexibility index (Phi) is 7.48. The van der Waals surface area contributed by atoms with Crippen molar-refractivity contribution in [1.29, 1.82) is 0 Å². The molecular weight excluding hydrogens is 490 g/mol. The number of thiazole rings is 1. The van der Waals surface area contributed by atoms with Crippen LogP contribution in [0.25, 0.3) is 11.3 Å². The molecule has 8 heteroatoms. The van der Waals surface area contributed by atoms with E-state index >= 15 is 0 Å². The number of aryl methyl sites for hydroxylation is 2. The largest absolute Gasteiger partial charge is 0.379 e. The number of morpholine rings is 1. The fourth-order valence-electron chi connectivity index (χ4n) is 4.21. The van der Waals surface area contributed by atoms with Crippen molar-refractivity contribution >= 4 is 27.0 Å². The van der Waals surface area contributed by atoms with Gasteiger partial charge in [0, 0.05) is 25.0 Å². The first-order valence-corrected chi connectivity index (χ1v) is 14.3. The zero-order chi connectivity index (χ0) is 25.0. The molecule has 0 atom stereocenters. The van der Waals surface area contributed by atoms with Gasteiger partial charge in [0.15, 0.2) is 4.80 Å². The lowest BCUT2D eigenvalue weighted by atomic mass is 10.1. The van der Waals surface area contributed by atoms with Gasteiger partial charge in [-0.25, -0.2) is 13.4 Å². The molecule has 1 aromatic heterocycles. The maximum Gasteiger partial charge on any atom is 0.243 e. The molecule has 0 saturated carbocycles. The predicted octanol–water partition coefficient (Wildman–Crippen LogP) is 5.02. The number of benzene rings is 3. The van der Waals surface area contributed by atoms with Crippen LogP contribution < -0.4 is 4.80 Å².